The van der Waals surface area contributed by atoms with Gasteiger partial charge in [0.1, 0.15) is 6.61 Å². The van der Waals surface area contributed by atoms with E-state index in [4.69, 9.17) is 9.84 Å². The van der Waals surface area contributed by atoms with Crippen molar-refractivity contribution in [2.75, 3.05) is 20.3 Å². The molecule has 1 aromatic carbocycles. The van der Waals surface area contributed by atoms with Crippen molar-refractivity contribution in [1.82, 2.24) is 4.90 Å². The van der Waals surface area contributed by atoms with E-state index in [0.29, 0.717) is 13.2 Å². The van der Waals surface area contributed by atoms with Gasteiger partial charge in [0.2, 0.25) is 5.91 Å². The van der Waals surface area contributed by atoms with Crippen LogP contribution in [0.4, 0.5) is 0 Å². The fraction of sp³-hybridized carbons (Fsp3) is 0.333. The summed E-state index contributed by atoms with van der Waals surface area (Å²) in [4.78, 5) is 23.7. The number of carboxylic acid groups (broad SMARTS) is 1. The van der Waals surface area contributed by atoms with Crippen molar-refractivity contribution in [3.05, 3.63) is 41.5 Å². The van der Waals surface area contributed by atoms with Gasteiger partial charge < -0.3 is 14.7 Å². The van der Waals surface area contributed by atoms with E-state index in [1.54, 1.807) is 11.9 Å². The van der Waals surface area contributed by atoms with E-state index in [1.165, 1.54) is 6.08 Å². The van der Waals surface area contributed by atoms with E-state index in [2.05, 4.69) is 0 Å². The van der Waals surface area contributed by atoms with E-state index in [0.717, 1.165) is 17.2 Å². The Hall–Kier alpha value is -2.14. The Morgan fingerprint density at radius 2 is 1.95 bits per heavy atom. The van der Waals surface area contributed by atoms with Gasteiger partial charge in [-0.15, -0.1) is 0 Å². The van der Waals surface area contributed by atoms with Gasteiger partial charge in [-0.3, -0.25) is 4.79 Å². The third-order valence-corrected chi connectivity index (χ3v) is 2.67. The molecule has 0 bridgehead atoms. The van der Waals surface area contributed by atoms with Gasteiger partial charge in [0.25, 0.3) is 0 Å². The molecule has 0 radical (unpaired) electrons. The quantitative estimate of drug-likeness (QED) is 0.771. The number of carbonyl (C=O) groups excluding carboxylic acids is 1. The van der Waals surface area contributed by atoms with Crippen LogP contribution in [0.25, 0.3) is 6.08 Å². The first kappa shape index (κ1) is 15.9. The maximum Gasteiger partial charge on any atom is 0.328 e. The first-order valence-corrected chi connectivity index (χ1v) is 6.34. The Labute approximate surface area is 118 Å². The molecule has 0 aliphatic rings. The molecular weight excluding hydrogens is 258 g/mol. The lowest BCUT2D eigenvalue weighted by Crippen LogP contribution is -2.29. The van der Waals surface area contributed by atoms with Crippen LogP contribution in [0.15, 0.2) is 30.3 Å². The average molecular weight is 277 g/mol. The molecule has 5 nitrogen and oxygen atoms in total. The summed E-state index contributed by atoms with van der Waals surface area (Å²) in [5.41, 5.74) is 1.78. The number of rotatable bonds is 7. The van der Waals surface area contributed by atoms with Crippen molar-refractivity contribution < 1.29 is 19.4 Å². The number of benzene rings is 1. The van der Waals surface area contributed by atoms with Crippen LogP contribution in [0, 0.1) is 0 Å². The Kier molecular flexibility index (Phi) is 6.46. The maximum atomic E-state index is 11.7. The molecule has 0 atom stereocenters. The molecule has 0 aliphatic heterocycles. The van der Waals surface area contributed by atoms with Gasteiger partial charge in [-0.05, 0) is 24.1 Å². The third-order valence-electron chi connectivity index (χ3n) is 2.67. The molecule has 0 aromatic heterocycles. The van der Waals surface area contributed by atoms with Crippen molar-refractivity contribution in [1.29, 1.82) is 0 Å². The number of carboxylic acids is 1. The van der Waals surface area contributed by atoms with E-state index in [9.17, 15) is 9.59 Å². The van der Waals surface area contributed by atoms with E-state index < -0.39 is 5.97 Å². The van der Waals surface area contributed by atoms with Crippen molar-refractivity contribution >= 4 is 18.0 Å². The molecule has 0 aliphatic carbocycles. The predicted molar refractivity (Wildman–Crippen MR) is 76.1 cm³/mol. The maximum absolute atomic E-state index is 11.7. The summed E-state index contributed by atoms with van der Waals surface area (Å²) in [6.07, 6.45) is 2.61. The van der Waals surface area contributed by atoms with Gasteiger partial charge in [-0.1, -0.05) is 24.3 Å². The number of amides is 1. The molecule has 1 aromatic rings. The number of ether oxygens (including phenoxy) is 1. The van der Waals surface area contributed by atoms with Gasteiger partial charge >= 0.3 is 5.97 Å². The first-order chi connectivity index (χ1) is 9.52. The number of aliphatic carboxylic acids is 1. The summed E-state index contributed by atoms with van der Waals surface area (Å²) in [5, 5.41) is 8.54. The minimum Gasteiger partial charge on any atom is -0.478 e. The Morgan fingerprint density at radius 3 is 2.50 bits per heavy atom. The van der Waals surface area contributed by atoms with Gasteiger partial charge in [0.05, 0.1) is 0 Å². The zero-order chi connectivity index (χ0) is 15.0. The van der Waals surface area contributed by atoms with Crippen LogP contribution < -0.4 is 0 Å². The van der Waals surface area contributed by atoms with Crippen LogP contribution >= 0.6 is 0 Å². The molecule has 0 fully saturated rings. The van der Waals surface area contributed by atoms with Gasteiger partial charge in [-0.25, -0.2) is 4.79 Å². The molecule has 0 spiro atoms. The second-order valence-electron chi connectivity index (χ2n) is 4.30. The minimum absolute atomic E-state index is 0.0679. The number of carbonyl (C=O) groups is 2. The molecule has 1 N–H and O–H groups in total. The molecule has 20 heavy (non-hydrogen) atoms. The Balaban J connectivity index is 2.56. The van der Waals surface area contributed by atoms with Crippen LogP contribution in [0.2, 0.25) is 0 Å². The van der Waals surface area contributed by atoms with Gasteiger partial charge in [0, 0.05) is 26.3 Å². The van der Waals surface area contributed by atoms with Crippen LogP contribution in [0.5, 0.6) is 0 Å². The molecule has 0 saturated heterocycles. The summed E-state index contributed by atoms with van der Waals surface area (Å²) in [6, 6.07) is 7.36. The van der Waals surface area contributed by atoms with Gasteiger partial charge in [0.15, 0.2) is 0 Å². The summed E-state index contributed by atoms with van der Waals surface area (Å²) in [7, 11) is 1.72. The van der Waals surface area contributed by atoms with Crippen molar-refractivity contribution in [2.24, 2.45) is 0 Å². The SMILES string of the molecule is CCOCC(=O)N(C)Cc1ccc(C=CC(=O)O)cc1. The van der Waals surface area contributed by atoms with Gasteiger partial charge in [-0.2, -0.15) is 0 Å². The lowest BCUT2D eigenvalue weighted by Gasteiger charge is -2.17. The lowest BCUT2D eigenvalue weighted by molar-refractivity contribution is -0.135. The Bertz CT molecular complexity index is 479. The molecule has 1 amide bonds. The Morgan fingerprint density at radius 1 is 1.30 bits per heavy atom. The molecule has 5 heteroatoms. The standard InChI is InChI=1S/C15H19NO4/c1-3-20-11-14(17)16(2)10-13-6-4-12(5-7-13)8-9-15(18)19/h4-9H,3,10-11H2,1-2H3,(H,18,19). The summed E-state index contributed by atoms with van der Waals surface area (Å²) < 4.78 is 5.07. The highest BCUT2D eigenvalue weighted by atomic mass is 16.5. The fourth-order valence-corrected chi connectivity index (χ4v) is 1.56. The summed E-state index contributed by atoms with van der Waals surface area (Å²) in [5.74, 6) is -1.04. The zero-order valence-corrected chi connectivity index (χ0v) is 11.7. The monoisotopic (exact) mass is 277 g/mol. The average Bonchev–Trinajstić information content (AvgIpc) is 2.43. The fourth-order valence-electron chi connectivity index (χ4n) is 1.56. The van der Waals surface area contributed by atoms with Crippen LogP contribution in [0.3, 0.4) is 0 Å². The van der Waals surface area contributed by atoms with Crippen LogP contribution in [0.1, 0.15) is 18.1 Å². The van der Waals surface area contributed by atoms with Crippen molar-refractivity contribution in [3.8, 4) is 0 Å². The minimum atomic E-state index is -0.977. The van der Waals surface area contributed by atoms with Crippen LogP contribution in [-0.2, 0) is 20.9 Å². The number of hydrogen-bond donors (Lipinski definition) is 1. The molecular formula is C15H19NO4. The summed E-state index contributed by atoms with van der Waals surface area (Å²) in [6.45, 7) is 2.95. The number of nitrogens with zero attached hydrogens (tertiary/aromatic N) is 1. The highest BCUT2D eigenvalue weighted by Crippen LogP contribution is 2.08. The first-order valence-electron chi connectivity index (χ1n) is 6.34. The molecule has 0 heterocycles. The third kappa shape index (κ3) is 5.67. The smallest absolute Gasteiger partial charge is 0.328 e. The molecule has 0 unspecified atom stereocenters. The molecule has 108 valence electrons. The molecule has 0 saturated carbocycles. The van der Waals surface area contributed by atoms with Crippen molar-refractivity contribution in [3.63, 3.8) is 0 Å². The van der Waals surface area contributed by atoms with E-state index >= 15 is 0 Å². The zero-order valence-electron chi connectivity index (χ0n) is 11.7. The topological polar surface area (TPSA) is 66.8 Å². The van der Waals surface area contributed by atoms with E-state index in [-0.39, 0.29) is 12.5 Å². The van der Waals surface area contributed by atoms with E-state index in [1.807, 2.05) is 31.2 Å². The number of hydrogen-bond acceptors (Lipinski definition) is 3. The lowest BCUT2D eigenvalue weighted by atomic mass is 10.1. The number of likely N-dealkylation sites (N-methyl/N-ethyl adjacent to an activating group) is 1. The molecule has 1 rings (SSSR count). The normalized spacial score (nSPS) is 10.7. The second kappa shape index (κ2) is 8.12. The second-order valence-corrected chi connectivity index (χ2v) is 4.30. The largest absolute Gasteiger partial charge is 0.478 e. The summed E-state index contributed by atoms with van der Waals surface area (Å²) >= 11 is 0. The predicted octanol–water partition coefficient (Wildman–Crippen LogP) is 1.78. The highest BCUT2D eigenvalue weighted by molar-refractivity contribution is 5.85. The van der Waals surface area contributed by atoms with Crippen molar-refractivity contribution in [2.45, 2.75) is 13.5 Å². The highest BCUT2D eigenvalue weighted by Gasteiger charge is 2.08. The van der Waals surface area contributed by atoms with Crippen LogP contribution in [-0.4, -0.2) is 42.1 Å².